The monoisotopic (exact) mass is 253 g/mol. The molecule has 0 bridgehead atoms. The van der Waals surface area contributed by atoms with Crippen LogP contribution in [0, 0.1) is 5.82 Å². The van der Waals surface area contributed by atoms with Gasteiger partial charge in [-0.05, 0) is 36.6 Å². The van der Waals surface area contributed by atoms with Crippen LogP contribution in [0.3, 0.4) is 0 Å². The van der Waals surface area contributed by atoms with Gasteiger partial charge in [-0.15, -0.1) is 0 Å². The van der Waals surface area contributed by atoms with Crippen molar-refractivity contribution in [3.05, 3.63) is 29.6 Å². The Morgan fingerprint density at radius 3 is 2.89 bits per heavy atom. The van der Waals surface area contributed by atoms with Crippen molar-refractivity contribution in [3.63, 3.8) is 0 Å². The molecule has 0 radical (unpaired) electrons. The number of likely N-dealkylation sites (N-methyl/N-ethyl adjacent to an activating group) is 1. The van der Waals surface area contributed by atoms with E-state index in [1.165, 1.54) is 12.1 Å². The highest BCUT2D eigenvalue weighted by Gasteiger charge is 2.23. The quantitative estimate of drug-likeness (QED) is 0.725. The van der Waals surface area contributed by atoms with Crippen LogP contribution in [0.1, 0.15) is 12.0 Å². The molecule has 2 N–H and O–H groups in total. The Kier molecular flexibility index (Phi) is 4.34. The van der Waals surface area contributed by atoms with Crippen LogP contribution in [0.5, 0.6) is 0 Å². The van der Waals surface area contributed by atoms with Crippen LogP contribution in [0.4, 0.5) is 4.39 Å². The molecular weight excluding hydrogens is 236 g/mol. The van der Waals surface area contributed by atoms with E-state index in [0.717, 1.165) is 18.6 Å². The Labute approximate surface area is 106 Å². The SMILES string of the molecule is CN(Cc1ccc(F)cc1B(O)O)C1CCOC1. The zero-order chi connectivity index (χ0) is 13.1. The van der Waals surface area contributed by atoms with E-state index >= 15 is 0 Å². The third-order valence-electron chi connectivity index (χ3n) is 3.33. The fourth-order valence-corrected chi connectivity index (χ4v) is 2.22. The van der Waals surface area contributed by atoms with Crippen molar-refractivity contribution >= 4 is 12.6 Å². The largest absolute Gasteiger partial charge is 0.488 e. The van der Waals surface area contributed by atoms with Gasteiger partial charge in [0, 0.05) is 19.2 Å². The average molecular weight is 253 g/mol. The second kappa shape index (κ2) is 5.80. The summed E-state index contributed by atoms with van der Waals surface area (Å²) in [5, 5.41) is 18.5. The van der Waals surface area contributed by atoms with E-state index in [9.17, 15) is 14.4 Å². The maximum atomic E-state index is 13.1. The van der Waals surface area contributed by atoms with Crippen LogP contribution >= 0.6 is 0 Å². The van der Waals surface area contributed by atoms with E-state index in [1.54, 1.807) is 6.07 Å². The third-order valence-corrected chi connectivity index (χ3v) is 3.33. The lowest BCUT2D eigenvalue weighted by molar-refractivity contribution is 0.156. The van der Waals surface area contributed by atoms with Crippen molar-refractivity contribution < 1.29 is 19.2 Å². The first-order chi connectivity index (χ1) is 8.58. The molecule has 1 aromatic rings. The van der Waals surface area contributed by atoms with E-state index in [1.807, 2.05) is 7.05 Å². The van der Waals surface area contributed by atoms with Gasteiger partial charge in [-0.1, -0.05) is 6.07 Å². The summed E-state index contributed by atoms with van der Waals surface area (Å²) in [4.78, 5) is 2.09. The lowest BCUT2D eigenvalue weighted by Gasteiger charge is -2.24. The van der Waals surface area contributed by atoms with Crippen LogP contribution in [0.2, 0.25) is 0 Å². The van der Waals surface area contributed by atoms with Gasteiger partial charge in [0.15, 0.2) is 0 Å². The molecule has 1 aliphatic rings. The molecule has 0 aliphatic carbocycles. The number of ether oxygens (including phenoxy) is 1. The van der Waals surface area contributed by atoms with Gasteiger partial charge in [0.25, 0.3) is 0 Å². The van der Waals surface area contributed by atoms with E-state index < -0.39 is 12.9 Å². The lowest BCUT2D eigenvalue weighted by atomic mass is 9.77. The first-order valence-electron chi connectivity index (χ1n) is 6.00. The fraction of sp³-hybridized carbons (Fsp3) is 0.500. The van der Waals surface area contributed by atoms with Crippen molar-refractivity contribution in [3.8, 4) is 0 Å². The summed E-state index contributed by atoms with van der Waals surface area (Å²) in [7, 11) is 0.305. The van der Waals surface area contributed by atoms with Crippen LogP contribution in [-0.2, 0) is 11.3 Å². The molecular formula is C12H17BFNO3. The van der Waals surface area contributed by atoms with Crippen LogP contribution < -0.4 is 5.46 Å². The predicted molar refractivity (Wildman–Crippen MR) is 66.9 cm³/mol. The highest BCUT2D eigenvalue weighted by molar-refractivity contribution is 6.59. The van der Waals surface area contributed by atoms with Crippen LogP contribution in [0.15, 0.2) is 18.2 Å². The molecule has 0 saturated carbocycles. The molecule has 6 heteroatoms. The molecule has 0 aromatic heterocycles. The van der Waals surface area contributed by atoms with Gasteiger partial charge in [0.05, 0.1) is 6.61 Å². The van der Waals surface area contributed by atoms with Gasteiger partial charge in [0.1, 0.15) is 5.82 Å². The van der Waals surface area contributed by atoms with E-state index in [4.69, 9.17) is 4.74 Å². The topological polar surface area (TPSA) is 52.9 Å². The van der Waals surface area contributed by atoms with Crippen molar-refractivity contribution in [1.29, 1.82) is 0 Å². The summed E-state index contributed by atoms with van der Waals surface area (Å²) in [6.45, 7) is 1.99. The van der Waals surface area contributed by atoms with Crippen molar-refractivity contribution in [2.75, 3.05) is 20.3 Å². The van der Waals surface area contributed by atoms with Gasteiger partial charge in [-0.2, -0.15) is 0 Å². The highest BCUT2D eigenvalue weighted by atomic mass is 19.1. The lowest BCUT2D eigenvalue weighted by Crippen LogP contribution is -2.38. The minimum Gasteiger partial charge on any atom is -0.423 e. The minimum absolute atomic E-state index is 0.223. The Hall–Kier alpha value is -0.945. The van der Waals surface area contributed by atoms with Crippen LogP contribution in [0.25, 0.3) is 0 Å². The van der Waals surface area contributed by atoms with Crippen molar-refractivity contribution in [2.45, 2.75) is 19.0 Å². The van der Waals surface area contributed by atoms with Crippen molar-refractivity contribution in [1.82, 2.24) is 4.90 Å². The third kappa shape index (κ3) is 3.08. The van der Waals surface area contributed by atoms with Gasteiger partial charge in [-0.25, -0.2) is 4.39 Å². The normalized spacial score (nSPS) is 19.5. The van der Waals surface area contributed by atoms with E-state index in [-0.39, 0.29) is 5.46 Å². The summed E-state index contributed by atoms with van der Waals surface area (Å²) < 4.78 is 18.4. The van der Waals surface area contributed by atoms with Gasteiger partial charge in [0.2, 0.25) is 0 Å². The fourth-order valence-electron chi connectivity index (χ4n) is 2.22. The number of rotatable bonds is 4. The number of halogens is 1. The van der Waals surface area contributed by atoms with E-state index in [2.05, 4.69) is 4.90 Å². The summed E-state index contributed by atoms with van der Waals surface area (Å²) in [5.74, 6) is -0.464. The predicted octanol–water partition coefficient (Wildman–Crippen LogP) is -0.274. The molecule has 98 valence electrons. The zero-order valence-electron chi connectivity index (χ0n) is 10.3. The molecule has 18 heavy (non-hydrogen) atoms. The maximum absolute atomic E-state index is 13.1. The Balaban J connectivity index is 2.12. The molecule has 1 aromatic carbocycles. The second-order valence-electron chi connectivity index (χ2n) is 4.65. The number of benzene rings is 1. The second-order valence-corrected chi connectivity index (χ2v) is 4.65. The van der Waals surface area contributed by atoms with Gasteiger partial charge < -0.3 is 14.8 Å². The molecule has 0 spiro atoms. The summed E-state index contributed by atoms with van der Waals surface area (Å²) in [5.41, 5.74) is 0.946. The highest BCUT2D eigenvalue weighted by Crippen LogP contribution is 2.13. The number of nitrogens with zero attached hydrogens (tertiary/aromatic N) is 1. The zero-order valence-corrected chi connectivity index (χ0v) is 10.3. The summed E-state index contributed by atoms with van der Waals surface area (Å²) in [6.07, 6.45) is 0.967. The summed E-state index contributed by atoms with van der Waals surface area (Å²) in [6, 6.07) is 4.43. The van der Waals surface area contributed by atoms with E-state index in [0.29, 0.717) is 19.2 Å². The first-order valence-corrected chi connectivity index (χ1v) is 6.00. The molecule has 1 unspecified atom stereocenters. The van der Waals surface area contributed by atoms with Crippen molar-refractivity contribution in [2.24, 2.45) is 0 Å². The molecule has 1 fully saturated rings. The Morgan fingerprint density at radius 2 is 2.28 bits per heavy atom. The molecule has 1 atom stereocenters. The first kappa shape index (κ1) is 13.5. The Morgan fingerprint density at radius 1 is 1.50 bits per heavy atom. The molecule has 0 amide bonds. The average Bonchev–Trinajstić information content (AvgIpc) is 2.84. The number of hydrogen-bond acceptors (Lipinski definition) is 4. The Bertz CT molecular complexity index is 410. The molecule has 4 nitrogen and oxygen atoms in total. The summed E-state index contributed by atoms with van der Waals surface area (Å²) >= 11 is 0. The molecule has 2 rings (SSSR count). The van der Waals surface area contributed by atoms with Gasteiger partial charge in [-0.3, -0.25) is 4.90 Å². The van der Waals surface area contributed by atoms with Crippen LogP contribution in [-0.4, -0.2) is 48.4 Å². The smallest absolute Gasteiger partial charge is 0.423 e. The molecule has 1 heterocycles. The maximum Gasteiger partial charge on any atom is 0.488 e. The standard InChI is InChI=1S/C12H17BFNO3/c1-15(11-4-5-18-8-11)7-9-2-3-10(14)6-12(9)13(16)17/h2-3,6,11,16-17H,4-5,7-8H2,1H3. The minimum atomic E-state index is -1.65. The molecule has 1 saturated heterocycles. The molecule has 1 aliphatic heterocycles. The van der Waals surface area contributed by atoms with Gasteiger partial charge >= 0.3 is 7.12 Å². The number of hydrogen-bond donors (Lipinski definition) is 2.